The van der Waals surface area contributed by atoms with Crippen LogP contribution in [0.4, 0.5) is 0 Å². The van der Waals surface area contributed by atoms with Crippen LogP contribution in [0.5, 0.6) is 0 Å². The fourth-order valence-electron chi connectivity index (χ4n) is 2.40. The van der Waals surface area contributed by atoms with Crippen LogP contribution < -0.4 is 0 Å². The fraction of sp³-hybridized carbons (Fsp3) is 0.700. The third-order valence-electron chi connectivity index (χ3n) is 3.22. The fourth-order valence-corrected chi connectivity index (χ4v) is 2.40. The van der Waals surface area contributed by atoms with Crippen molar-refractivity contribution in [2.45, 2.75) is 0 Å². The van der Waals surface area contributed by atoms with Crippen LogP contribution in [-0.2, 0) is 9.53 Å². The van der Waals surface area contributed by atoms with Gasteiger partial charge in [-0.2, -0.15) is 0 Å². The maximum Gasteiger partial charge on any atom is 0.245 e. The van der Waals surface area contributed by atoms with Gasteiger partial charge < -0.3 is 9.64 Å². The Kier molecular flexibility index (Phi) is 2.12. The maximum absolute atomic E-state index is 11.2. The number of rotatable bonds is 3. The summed E-state index contributed by atoms with van der Waals surface area (Å²) in [6, 6.07) is 0. The SMILES string of the molecule is C=CC(=O)N1C[C@@H]2C(COC)[C@@H]2C1. The van der Waals surface area contributed by atoms with Crippen LogP contribution >= 0.6 is 0 Å². The van der Waals surface area contributed by atoms with Crippen molar-refractivity contribution in [3.63, 3.8) is 0 Å². The van der Waals surface area contributed by atoms with E-state index < -0.39 is 0 Å². The summed E-state index contributed by atoms with van der Waals surface area (Å²) in [6.07, 6.45) is 1.40. The zero-order valence-electron chi connectivity index (χ0n) is 7.90. The molecule has 3 atom stereocenters. The van der Waals surface area contributed by atoms with Gasteiger partial charge >= 0.3 is 0 Å². The predicted octanol–water partition coefficient (Wildman–Crippen LogP) is 0.523. The molecule has 1 aliphatic heterocycles. The monoisotopic (exact) mass is 181 g/mol. The molecule has 0 aromatic heterocycles. The van der Waals surface area contributed by atoms with Gasteiger partial charge in [-0.05, 0) is 23.8 Å². The molecule has 0 radical (unpaired) electrons. The smallest absolute Gasteiger partial charge is 0.245 e. The van der Waals surface area contributed by atoms with Crippen LogP contribution in [0.2, 0.25) is 0 Å². The maximum atomic E-state index is 11.2. The zero-order chi connectivity index (χ0) is 9.42. The number of methoxy groups -OCH3 is 1. The average Bonchev–Trinajstić information content (AvgIpc) is 2.64. The molecule has 0 aromatic rings. The van der Waals surface area contributed by atoms with Gasteiger partial charge in [-0.25, -0.2) is 0 Å². The molecule has 1 amide bonds. The van der Waals surface area contributed by atoms with E-state index in [0.717, 1.165) is 19.7 Å². The van der Waals surface area contributed by atoms with Gasteiger partial charge in [0.25, 0.3) is 0 Å². The van der Waals surface area contributed by atoms with Crippen molar-refractivity contribution in [3.05, 3.63) is 12.7 Å². The summed E-state index contributed by atoms with van der Waals surface area (Å²) < 4.78 is 5.10. The molecule has 0 bridgehead atoms. The normalized spacial score (nSPS) is 35.8. The van der Waals surface area contributed by atoms with Gasteiger partial charge in [0.1, 0.15) is 0 Å². The van der Waals surface area contributed by atoms with Gasteiger partial charge in [0.2, 0.25) is 5.91 Å². The molecule has 0 N–H and O–H groups in total. The summed E-state index contributed by atoms with van der Waals surface area (Å²) in [6.45, 7) is 6.15. The molecule has 0 aromatic carbocycles. The Balaban J connectivity index is 1.83. The van der Waals surface area contributed by atoms with Crippen molar-refractivity contribution in [2.24, 2.45) is 17.8 Å². The van der Waals surface area contributed by atoms with Crippen LogP contribution in [0.25, 0.3) is 0 Å². The van der Waals surface area contributed by atoms with Crippen molar-refractivity contribution in [3.8, 4) is 0 Å². The molecule has 0 spiro atoms. The van der Waals surface area contributed by atoms with Gasteiger partial charge in [0, 0.05) is 26.8 Å². The molecule has 72 valence electrons. The highest BCUT2D eigenvalue weighted by molar-refractivity contribution is 5.87. The van der Waals surface area contributed by atoms with Crippen LogP contribution in [0.15, 0.2) is 12.7 Å². The van der Waals surface area contributed by atoms with E-state index in [4.69, 9.17) is 4.74 Å². The van der Waals surface area contributed by atoms with Crippen molar-refractivity contribution in [2.75, 3.05) is 26.8 Å². The highest BCUT2D eigenvalue weighted by Crippen LogP contribution is 2.51. The van der Waals surface area contributed by atoms with Gasteiger partial charge in [0.05, 0.1) is 0 Å². The Morgan fingerprint density at radius 2 is 2.23 bits per heavy atom. The first-order chi connectivity index (χ1) is 6.27. The molecule has 3 nitrogen and oxygen atoms in total. The summed E-state index contributed by atoms with van der Waals surface area (Å²) >= 11 is 0. The molecular formula is C10H15NO2. The first kappa shape index (κ1) is 8.75. The third kappa shape index (κ3) is 1.37. The van der Waals surface area contributed by atoms with E-state index in [9.17, 15) is 4.79 Å². The number of amides is 1. The first-order valence-electron chi connectivity index (χ1n) is 4.68. The second kappa shape index (κ2) is 3.14. The lowest BCUT2D eigenvalue weighted by molar-refractivity contribution is -0.125. The van der Waals surface area contributed by atoms with Crippen LogP contribution in [-0.4, -0.2) is 37.6 Å². The molecule has 2 fully saturated rings. The molecule has 13 heavy (non-hydrogen) atoms. The van der Waals surface area contributed by atoms with Crippen LogP contribution in [0, 0.1) is 17.8 Å². The molecule has 3 heteroatoms. The lowest BCUT2D eigenvalue weighted by Gasteiger charge is -2.17. The van der Waals surface area contributed by atoms with E-state index in [-0.39, 0.29) is 5.91 Å². The van der Waals surface area contributed by atoms with E-state index >= 15 is 0 Å². The van der Waals surface area contributed by atoms with Crippen LogP contribution in [0.1, 0.15) is 0 Å². The Bertz CT molecular complexity index is 227. The molecule has 1 heterocycles. The third-order valence-corrected chi connectivity index (χ3v) is 3.22. The number of ether oxygens (including phenoxy) is 1. The minimum absolute atomic E-state index is 0.0726. The van der Waals surface area contributed by atoms with Crippen LogP contribution in [0.3, 0.4) is 0 Å². The molecule has 1 unspecified atom stereocenters. The number of carbonyl (C=O) groups is 1. The van der Waals surface area contributed by atoms with E-state index in [0.29, 0.717) is 17.8 Å². The molecule has 2 aliphatic rings. The number of nitrogens with zero attached hydrogens (tertiary/aromatic N) is 1. The Labute approximate surface area is 78.4 Å². The minimum atomic E-state index is 0.0726. The van der Waals surface area contributed by atoms with Gasteiger partial charge in [0.15, 0.2) is 0 Å². The van der Waals surface area contributed by atoms with Crippen molar-refractivity contribution in [1.82, 2.24) is 4.90 Å². The van der Waals surface area contributed by atoms with E-state index in [1.807, 2.05) is 4.90 Å². The summed E-state index contributed by atoms with van der Waals surface area (Å²) in [5, 5.41) is 0. The number of hydrogen-bond donors (Lipinski definition) is 0. The summed E-state index contributed by atoms with van der Waals surface area (Å²) in [7, 11) is 1.74. The second-order valence-corrected chi connectivity index (χ2v) is 3.89. The van der Waals surface area contributed by atoms with E-state index in [2.05, 4.69) is 6.58 Å². The predicted molar refractivity (Wildman–Crippen MR) is 49.1 cm³/mol. The topological polar surface area (TPSA) is 29.5 Å². The molecule has 2 rings (SSSR count). The first-order valence-corrected chi connectivity index (χ1v) is 4.68. The average molecular weight is 181 g/mol. The number of likely N-dealkylation sites (tertiary alicyclic amines) is 1. The number of carbonyl (C=O) groups excluding carboxylic acids is 1. The molecular weight excluding hydrogens is 166 g/mol. The standard InChI is InChI=1S/C10H15NO2/c1-3-10(12)11-4-7-8(5-11)9(7)6-13-2/h3,7-9H,1,4-6H2,2H3/t7-,8+,9?. The lowest BCUT2D eigenvalue weighted by Crippen LogP contribution is -2.30. The number of fused-ring (bicyclic) bond motifs is 1. The quantitative estimate of drug-likeness (QED) is 0.594. The Morgan fingerprint density at radius 3 is 2.69 bits per heavy atom. The Hall–Kier alpha value is -0.830. The van der Waals surface area contributed by atoms with E-state index in [1.54, 1.807) is 7.11 Å². The van der Waals surface area contributed by atoms with Crippen molar-refractivity contribution in [1.29, 1.82) is 0 Å². The summed E-state index contributed by atoms with van der Waals surface area (Å²) in [4.78, 5) is 13.1. The largest absolute Gasteiger partial charge is 0.384 e. The van der Waals surface area contributed by atoms with E-state index in [1.165, 1.54) is 6.08 Å². The molecule has 1 saturated carbocycles. The molecule has 1 saturated heterocycles. The van der Waals surface area contributed by atoms with Gasteiger partial charge in [-0.3, -0.25) is 4.79 Å². The van der Waals surface area contributed by atoms with Crippen molar-refractivity contribution >= 4 is 5.91 Å². The minimum Gasteiger partial charge on any atom is -0.384 e. The summed E-state index contributed by atoms with van der Waals surface area (Å²) in [5.41, 5.74) is 0. The Morgan fingerprint density at radius 1 is 1.62 bits per heavy atom. The summed E-state index contributed by atoms with van der Waals surface area (Å²) in [5.74, 6) is 2.18. The number of piperidine rings is 1. The highest BCUT2D eigenvalue weighted by Gasteiger charge is 2.55. The second-order valence-electron chi connectivity index (χ2n) is 3.89. The van der Waals surface area contributed by atoms with Crippen molar-refractivity contribution < 1.29 is 9.53 Å². The van der Waals surface area contributed by atoms with Gasteiger partial charge in [-0.15, -0.1) is 0 Å². The molecule has 1 aliphatic carbocycles. The highest BCUT2D eigenvalue weighted by atomic mass is 16.5. The number of hydrogen-bond acceptors (Lipinski definition) is 2. The zero-order valence-corrected chi connectivity index (χ0v) is 7.90. The lowest BCUT2D eigenvalue weighted by atomic mass is 10.3. The van der Waals surface area contributed by atoms with Gasteiger partial charge in [-0.1, -0.05) is 6.58 Å².